The van der Waals surface area contributed by atoms with Crippen molar-refractivity contribution in [3.05, 3.63) is 89.0 Å². The predicted octanol–water partition coefficient (Wildman–Crippen LogP) is 3.59. The van der Waals surface area contributed by atoms with E-state index in [4.69, 9.17) is 5.10 Å². The molecule has 4 heterocycles. The highest BCUT2D eigenvalue weighted by atomic mass is 32.1. The molecule has 7 nitrogen and oxygen atoms in total. The Morgan fingerprint density at radius 2 is 1.59 bits per heavy atom. The largest absolute Gasteiger partial charge is 0.335 e. The lowest BCUT2D eigenvalue weighted by Gasteiger charge is -2.34. The zero-order valence-corrected chi connectivity index (χ0v) is 18.1. The second-order valence-corrected chi connectivity index (χ2v) is 8.42. The van der Waals surface area contributed by atoms with Crippen molar-refractivity contribution < 1.29 is 9.59 Å². The van der Waals surface area contributed by atoms with Crippen LogP contribution < -0.4 is 0 Å². The van der Waals surface area contributed by atoms with Crippen molar-refractivity contribution in [3.63, 3.8) is 0 Å². The molecule has 1 saturated heterocycles. The normalized spacial score (nSPS) is 13.9. The molecule has 0 bridgehead atoms. The molecule has 3 aromatic heterocycles. The zero-order chi connectivity index (χ0) is 21.9. The number of hydrogen-bond donors (Lipinski definition) is 0. The quantitative estimate of drug-likeness (QED) is 0.483. The van der Waals surface area contributed by atoms with Crippen molar-refractivity contribution in [1.29, 1.82) is 0 Å². The SMILES string of the molecule is O=C(c1cccs1)N1CCN(C(=O)c2cn(-c3ccccc3)nc2-c2cccnc2)CC1. The van der Waals surface area contributed by atoms with E-state index in [9.17, 15) is 9.59 Å². The molecule has 8 heteroatoms. The molecular formula is C24H21N5O2S. The Labute approximate surface area is 189 Å². The average molecular weight is 444 g/mol. The highest BCUT2D eigenvalue weighted by molar-refractivity contribution is 7.12. The van der Waals surface area contributed by atoms with E-state index >= 15 is 0 Å². The highest BCUT2D eigenvalue weighted by Crippen LogP contribution is 2.25. The van der Waals surface area contributed by atoms with Crippen LogP contribution in [-0.2, 0) is 0 Å². The first-order chi connectivity index (χ1) is 15.7. The van der Waals surface area contributed by atoms with E-state index in [0.717, 1.165) is 16.1 Å². The van der Waals surface area contributed by atoms with Gasteiger partial charge in [0.15, 0.2) is 0 Å². The Hall–Kier alpha value is -3.78. The van der Waals surface area contributed by atoms with Crippen molar-refractivity contribution in [2.45, 2.75) is 0 Å². The van der Waals surface area contributed by atoms with E-state index in [0.29, 0.717) is 37.4 Å². The number of rotatable bonds is 4. The van der Waals surface area contributed by atoms with Gasteiger partial charge < -0.3 is 9.80 Å². The maximum Gasteiger partial charge on any atom is 0.264 e. The van der Waals surface area contributed by atoms with Crippen LogP contribution in [0.25, 0.3) is 16.9 Å². The number of carbonyl (C=O) groups excluding carboxylic acids is 2. The van der Waals surface area contributed by atoms with Crippen molar-refractivity contribution in [3.8, 4) is 16.9 Å². The minimum absolute atomic E-state index is 0.0278. The van der Waals surface area contributed by atoms with Crippen LogP contribution in [0.15, 0.2) is 78.6 Å². The second-order valence-electron chi connectivity index (χ2n) is 7.47. The molecule has 0 atom stereocenters. The van der Waals surface area contributed by atoms with Gasteiger partial charge in [0.05, 0.1) is 16.1 Å². The number of benzene rings is 1. The number of pyridine rings is 1. The van der Waals surface area contributed by atoms with Crippen molar-refractivity contribution in [2.75, 3.05) is 26.2 Å². The van der Waals surface area contributed by atoms with Gasteiger partial charge in [-0.3, -0.25) is 14.6 Å². The zero-order valence-electron chi connectivity index (χ0n) is 17.3. The fourth-order valence-electron chi connectivity index (χ4n) is 3.80. The molecule has 32 heavy (non-hydrogen) atoms. The van der Waals surface area contributed by atoms with Gasteiger partial charge in [-0.15, -0.1) is 11.3 Å². The predicted molar refractivity (Wildman–Crippen MR) is 123 cm³/mol. The standard InChI is InChI=1S/C24H21N5O2S/c30-23(27-11-13-28(14-12-27)24(31)21-9-5-15-32-21)20-17-29(19-7-2-1-3-8-19)26-22(20)18-6-4-10-25-16-18/h1-10,15-17H,11-14H2. The molecule has 5 rings (SSSR count). The van der Waals surface area contributed by atoms with Gasteiger partial charge in [-0.25, -0.2) is 4.68 Å². The number of thiophene rings is 1. The van der Waals surface area contributed by atoms with E-state index in [1.807, 2.05) is 64.9 Å². The number of para-hydroxylation sites is 1. The molecule has 0 aliphatic carbocycles. The Morgan fingerprint density at radius 3 is 2.25 bits per heavy atom. The smallest absolute Gasteiger partial charge is 0.264 e. The molecule has 0 unspecified atom stereocenters. The van der Waals surface area contributed by atoms with Crippen LogP contribution in [0, 0.1) is 0 Å². The Bertz CT molecular complexity index is 1210. The summed E-state index contributed by atoms with van der Waals surface area (Å²) in [5.74, 6) is -0.0608. The molecule has 0 saturated carbocycles. The molecular weight excluding hydrogens is 422 g/mol. The highest BCUT2D eigenvalue weighted by Gasteiger charge is 2.28. The van der Waals surface area contributed by atoms with Crippen molar-refractivity contribution in [2.24, 2.45) is 0 Å². The molecule has 0 N–H and O–H groups in total. The van der Waals surface area contributed by atoms with Gasteiger partial charge >= 0.3 is 0 Å². The molecule has 2 amide bonds. The number of nitrogens with zero attached hydrogens (tertiary/aromatic N) is 5. The van der Waals surface area contributed by atoms with Crippen LogP contribution in [0.5, 0.6) is 0 Å². The van der Waals surface area contributed by atoms with Gasteiger partial charge in [0, 0.05) is 50.3 Å². The lowest BCUT2D eigenvalue weighted by atomic mass is 10.1. The molecule has 1 aliphatic rings. The third kappa shape index (κ3) is 3.92. The summed E-state index contributed by atoms with van der Waals surface area (Å²) in [5.41, 5.74) is 2.80. The first-order valence-electron chi connectivity index (χ1n) is 10.4. The van der Waals surface area contributed by atoms with Gasteiger partial charge in [0.1, 0.15) is 5.69 Å². The fourth-order valence-corrected chi connectivity index (χ4v) is 4.49. The van der Waals surface area contributed by atoms with E-state index in [2.05, 4.69) is 4.98 Å². The number of hydrogen-bond acceptors (Lipinski definition) is 5. The molecule has 0 radical (unpaired) electrons. The topological polar surface area (TPSA) is 71.3 Å². The first-order valence-corrected chi connectivity index (χ1v) is 11.3. The van der Waals surface area contributed by atoms with E-state index < -0.39 is 0 Å². The number of aromatic nitrogens is 3. The maximum absolute atomic E-state index is 13.5. The van der Waals surface area contributed by atoms with E-state index in [-0.39, 0.29) is 11.8 Å². The Kier molecular flexibility index (Phi) is 5.51. The second kappa shape index (κ2) is 8.76. The van der Waals surface area contributed by atoms with Crippen LogP contribution >= 0.6 is 11.3 Å². The van der Waals surface area contributed by atoms with Crippen LogP contribution in [0.3, 0.4) is 0 Å². The molecule has 160 valence electrons. The minimum atomic E-state index is -0.0887. The number of carbonyl (C=O) groups is 2. The van der Waals surface area contributed by atoms with Crippen molar-refractivity contribution >= 4 is 23.2 Å². The van der Waals surface area contributed by atoms with Gasteiger partial charge in [0.2, 0.25) is 0 Å². The van der Waals surface area contributed by atoms with Gasteiger partial charge in [0.25, 0.3) is 11.8 Å². The molecule has 4 aromatic rings. The van der Waals surface area contributed by atoms with Crippen LogP contribution in [0.1, 0.15) is 20.0 Å². The average Bonchev–Trinajstić information content (AvgIpc) is 3.55. The van der Waals surface area contributed by atoms with Gasteiger partial charge in [-0.05, 0) is 35.7 Å². The maximum atomic E-state index is 13.5. The monoisotopic (exact) mass is 443 g/mol. The Balaban J connectivity index is 1.40. The van der Waals surface area contributed by atoms with Crippen LogP contribution in [0.4, 0.5) is 0 Å². The summed E-state index contributed by atoms with van der Waals surface area (Å²) in [4.78, 5) is 34.6. The summed E-state index contributed by atoms with van der Waals surface area (Å²) in [6, 6.07) is 17.2. The van der Waals surface area contributed by atoms with Crippen LogP contribution in [0.2, 0.25) is 0 Å². The summed E-state index contributed by atoms with van der Waals surface area (Å²) in [6.45, 7) is 1.99. The van der Waals surface area contributed by atoms with E-state index in [1.54, 1.807) is 28.2 Å². The lowest BCUT2D eigenvalue weighted by Crippen LogP contribution is -2.50. The molecule has 1 aliphatic heterocycles. The first kappa shape index (κ1) is 20.1. The number of amides is 2. The third-order valence-electron chi connectivity index (χ3n) is 5.49. The third-order valence-corrected chi connectivity index (χ3v) is 6.34. The minimum Gasteiger partial charge on any atom is -0.335 e. The van der Waals surface area contributed by atoms with Gasteiger partial charge in [-0.1, -0.05) is 24.3 Å². The molecule has 0 spiro atoms. The summed E-state index contributed by atoms with van der Waals surface area (Å²) in [7, 11) is 0. The molecule has 1 fully saturated rings. The lowest BCUT2D eigenvalue weighted by molar-refractivity contribution is 0.0538. The Morgan fingerprint density at radius 1 is 0.844 bits per heavy atom. The van der Waals surface area contributed by atoms with Crippen molar-refractivity contribution in [1.82, 2.24) is 24.6 Å². The van der Waals surface area contributed by atoms with Gasteiger partial charge in [-0.2, -0.15) is 5.10 Å². The van der Waals surface area contributed by atoms with Crippen LogP contribution in [-0.4, -0.2) is 62.6 Å². The summed E-state index contributed by atoms with van der Waals surface area (Å²) in [6.07, 6.45) is 5.19. The molecule has 1 aromatic carbocycles. The summed E-state index contributed by atoms with van der Waals surface area (Å²) in [5, 5.41) is 6.61. The van der Waals surface area contributed by atoms with E-state index in [1.165, 1.54) is 11.3 Å². The fraction of sp³-hybridized carbons (Fsp3) is 0.167. The number of piperazine rings is 1. The summed E-state index contributed by atoms with van der Waals surface area (Å²) < 4.78 is 1.73. The summed E-state index contributed by atoms with van der Waals surface area (Å²) >= 11 is 1.44.